The molecule has 4 aromatic rings. The fourth-order valence-electron chi connectivity index (χ4n) is 4.39. The van der Waals surface area contributed by atoms with Crippen molar-refractivity contribution in [3.05, 3.63) is 46.3 Å². The predicted octanol–water partition coefficient (Wildman–Crippen LogP) is 3.71. The van der Waals surface area contributed by atoms with Gasteiger partial charge in [0.2, 0.25) is 11.9 Å². The number of fused-ring (bicyclic) bond motifs is 2. The van der Waals surface area contributed by atoms with Crippen LogP contribution in [0.25, 0.3) is 11.0 Å². The number of aromatic amines is 1. The number of aromatic nitrogens is 3. The number of methoxy groups -OCH3 is 1. The van der Waals surface area contributed by atoms with Gasteiger partial charge in [-0.1, -0.05) is 0 Å². The summed E-state index contributed by atoms with van der Waals surface area (Å²) < 4.78 is 5.67. The summed E-state index contributed by atoms with van der Waals surface area (Å²) in [5.74, 6) is 1.37. The van der Waals surface area contributed by atoms with Crippen LogP contribution < -0.4 is 25.6 Å². The van der Waals surface area contributed by atoms with Crippen LogP contribution in [0.2, 0.25) is 0 Å². The largest absolute Gasteiger partial charge is 0.495 e. The zero-order valence-electron chi connectivity index (χ0n) is 21.9. The molecule has 0 bridgehead atoms. The third-order valence-electron chi connectivity index (χ3n) is 6.71. The number of carbonyl (C=O) groups excluding carboxylic acids is 2. The standard InChI is InChI=1S/C26H30N8O3S/c1-14(33(3)4)25(36)34-10-7-15-12-20(37-5)18(13-19(15)34)30-26-31-22-16(6-9-28-22)23(32-26)29-17-8-11-38-21(17)24(35)27-2/h6,8-9,11-14H,7,10H2,1-5H3,(H,27,35)(H3,28,29,30,31,32). The Morgan fingerprint density at radius 2 is 2.00 bits per heavy atom. The van der Waals surface area contributed by atoms with E-state index in [4.69, 9.17) is 9.72 Å². The minimum atomic E-state index is -0.247. The number of benzene rings is 1. The first-order valence-electron chi connectivity index (χ1n) is 12.2. The van der Waals surface area contributed by atoms with E-state index < -0.39 is 0 Å². The molecule has 0 fully saturated rings. The summed E-state index contributed by atoms with van der Waals surface area (Å²) in [4.78, 5) is 42.2. The van der Waals surface area contributed by atoms with Gasteiger partial charge in [-0.05, 0) is 62.6 Å². The van der Waals surface area contributed by atoms with Crippen LogP contribution in [0.1, 0.15) is 22.2 Å². The van der Waals surface area contributed by atoms with Gasteiger partial charge < -0.3 is 30.6 Å². The summed E-state index contributed by atoms with van der Waals surface area (Å²) in [7, 11) is 7.00. The Balaban J connectivity index is 1.50. The number of rotatable bonds is 8. The molecule has 0 saturated carbocycles. The van der Waals surface area contributed by atoms with Crippen LogP contribution in [0, 0.1) is 0 Å². The minimum absolute atomic E-state index is 0.0445. The van der Waals surface area contributed by atoms with Gasteiger partial charge in [0.25, 0.3) is 5.91 Å². The molecule has 38 heavy (non-hydrogen) atoms. The number of carbonyl (C=O) groups is 2. The third-order valence-corrected chi connectivity index (χ3v) is 7.62. The van der Waals surface area contributed by atoms with Gasteiger partial charge in [-0.15, -0.1) is 11.3 Å². The highest BCUT2D eigenvalue weighted by molar-refractivity contribution is 7.12. The first kappa shape index (κ1) is 25.5. The molecule has 1 aliphatic rings. The van der Waals surface area contributed by atoms with Crippen molar-refractivity contribution in [3.8, 4) is 5.75 Å². The van der Waals surface area contributed by atoms with Gasteiger partial charge in [0.1, 0.15) is 22.1 Å². The molecule has 4 N–H and O–H groups in total. The summed E-state index contributed by atoms with van der Waals surface area (Å²) in [6.07, 6.45) is 2.54. The zero-order valence-corrected chi connectivity index (χ0v) is 22.7. The van der Waals surface area contributed by atoms with Crippen molar-refractivity contribution in [2.75, 3.05) is 50.3 Å². The fourth-order valence-corrected chi connectivity index (χ4v) is 5.19. The number of anilines is 5. The van der Waals surface area contributed by atoms with Crippen molar-refractivity contribution in [3.63, 3.8) is 0 Å². The van der Waals surface area contributed by atoms with E-state index in [-0.39, 0.29) is 17.9 Å². The molecule has 4 heterocycles. The van der Waals surface area contributed by atoms with Crippen LogP contribution in [0.5, 0.6) is 5.75 Å². The Hall–Kier alpha value is -4.16. The van der Waals surface area contributed by atoms with Gasteiger partial charge >= 0.3 is 0 Å². The second kappa shape index (κ2) is 10.3. The summed E-state index contributed by atoms with van der Waals surface area (Å²) in [5, 5.41) is 11.9. The van der Waals surface area contributed by atoms with Gasteiger partial charge in [-0.3, -0.25) is 14.5 Å². The molecule has 1 unspecified atom stereocenters. The SMILES string of the molecule is CNC(=O)c1sccc1Nc1nc(Nc2cc3c(cc2OC)CCN3C(=O)C(C)N(C)C)nc2[nH]ccc12. The maximum atomic E-state index is 13.2. The van der Waals surface area contributed by atoms with E-state index in [0.29, 0.717) is 46.0 Å². The highest BCUT2D eigenvalue weighted by atomic mass is 32.1. The van der Waals surface area contributed by atoms with Gasteiger partial charge in [-0.2, -0.15) is 9.97 Å². The summed E-state index contributed by atoms with van der Waals surface area (Å²) in [6.45, 7) is 2.52. The third kappa shape index (κ3) is 4.63. The maximum Gasteiger partial charge on any atom is 0.263 e. The van der Waals surface area contributed by atoms with Crippen LogP contribution >= 0.6 is 11.3 Å². The summed E-state index contributed by atoms with van der Waals surface area (Å²) in [6, 6.07) is 7.34. The lowest BCUT2D eigenvalue weighted by Gasteiger charge is -2.26. The molecular formula is C26H30N8O3S. The molecular weight excluding hydrogens is 504 g/mol. The topological polar surface area (TPSA) is 128 Å². The lowest BCUT2D eigenvalue weighted by molar-refractivity contribution is -0.122. The number of nitrogens with one attached hydrogen (secondary N) is 4. The summed E-state index contributed by atoms with van der Waals surface area (Å²) in [5.41, 5.74) is 3.81. The van der Waals surface area contributed by atoms with E-state index in [1.54, 1.807) is 20.4 Å². The van der Waals surface area contributed by atoms with Gasteiger partial charge in [0, 0.05) is 25.5 Å². The van der Waals surface area contributed by atoms with Gasteiger partial charge in [0.15, 0.2) is 0 Å². The second-order valence-electron chi connectivity index (χ2n) is 9.19. The number of H-pyrrole nitrogens is 1. The monoisotopic (exact) mass is 534 g/mol. The molecule has 1 aliphatic heterocycles. The molecule has 2 amide bonds. The average molecular weight is 535 g/mol. The predicted molar refractivity (Wildman–Crippen MR) is 150 cm³/mol. The number of hydrogen-bond acceptors (Lipinski definition) is 9. The molecule has 1 atom stereocenters. The smallest absolute Gasteiger partial charge is 0.263 e. The Morgan fingerprint density at radius 3 is 2.74 bits per heavy atom. The highest BCUT2D eigenvalue weighted by Gasteiger charge is 2.30. The molecule has 0 aliphatic carbocycles. The van der Waals surface area contributed by atoms with E-state index in [1.165, 1.54) is 11.3 Å². The first-order chi connectivity index (χ1) is 18.3. The van der Waals surface area contributed by atoms with Crippen molar-refractivity contribution in [1.82, 2.24) is 25.2 Å². The molecule has 0 saturated heterocycles. The second-order valence-corrected chi connectivity index (χ2v) is 10.1. The van der Waals surface area contributed by atoms with Crippen molar-refractivity contribution in [2.45, 2.75) is 19.4 Å². The Labute approximate surface area is 224 Å². The van der Waals surface area contributed by atoms with E-state index in [2.05, 4.69) is 25.9 Å². The molecule has 5 rings (SSSR count). The Bertz CT molecular complexity index is 1510. The van der Waals surface area contributed by atoms with Crippen LogP contribution in [-0.2, 0) is 11.2 Å². The highest BCUT2D eigenvalue weighted by Crippen LogP contribution is 2.39. The summed E-state index contributed by atoms with van der Waals surface area (Å²) >= 11 is 1.35. The zero-order chi connectivity index (χ0) is 27.0. The molecule has 3 aromatic heterocycles. The number of likely N-dealkylation sites (N-methyl/N-ethyl adjacent to an activating group) is 1. The van der Waals surface area contributed by atoms with Crippen molar-refractivity contribution >= 4 is 63.0 Å². The average Bonchev–Trinajstić information content (AvgIpc) is 3.66. The van der Waals surface area contributed by atoms with Crippen LogP contribution in [-0.4, -0.2) is 72.5 Å². The molecule has 0 radical (unpaired) electrons. The quantitative estimate of drug-likeness (QED) is 0.269. The molecule has 12 heteroatoms. The van der Waals surface area contributed by atoms with Gasteiger partial charge in [-0.25, -0.2) is 0 Å². The van der Waals surface area contributed by atoms with E-state index in [0.717, 1.165) is 23.1 Å². The molecule has 0 spiro atoms. The Kier molecular flexibility index (Phi) is 6.91. The maximum absolute atomic E-state index is 13.2. The van der Waals surface area contributed by atoms with Crippen molar-refractivity contribution < 1.29 is 14.3 Å². The number of hydrogen-bond donors (Lipinski definition) is 4. The van der Waals surface area contributed by atoms with E-state index in [1.807, 2.05) is 60.5 Å². The van der Waals surface area contributed by atoms with Crippen LogP contribution in [0.4, 0.5) is 28.8 Å². The molecule has 1 aromatic carbocycles. The van der Waals surface area contributed by atoms with Crippen molar-refractivity contribution in [1.29, 1.82) is 0 Å². The molecule has 198 valence electrons. The minimum Gasteiger partial charge on any atom is -0.495 e. The number of amides is 2. The van der Waals surface area contributed by atoms with Crippen LogP contribution in [0.15, 0.2) is 35.8 Å². The van der Waals surface area contributed by atoms with E-state index in [9.17, 15) is 9.59 Å². The van der Waals surface area contributed by atoms with E-state index >= 15 is 0 Å². The lowest BCUT2D eigenvalue weighted by Crippen LogP contribution is -2.43. The molecule has 11 nitrogen and oxygen atoms in total. The van der Waals surface area contributed by atoms with Crippen molar-refractivity contribution in [2.24, 2.45) is 0 Å². The van der Waals surface area contributed by atoms with Crippen LogP contribution in [0.3, 0.4) is 0 Å². The van der Waals surface area contributed by atoms with Gasteiger partial charge in [0.05, 0.1) is 29.9 Å². The number of ether oxygens (including phenoxy) is 1. The Morgan fingerprint density at radius 1 is 1.18 bits per heavy atom. The normalized spacial score (nSPS) is 13.5. The first-order valence-corrected chi connectivity index (χ1v) is 13.1. The number of nitrogens with zero attached hydrogens (tertiary/aromatic N) is 4. The fraction of sp³-hybridized carbons (Fsp3) is 0.308. The lowest BCUT2D eigenvalue weighted by atomic mass is 10.1. The number of thiophene rings is 1.